The van der Waals surface area contributed by atoms with Crippen molar-refractivity contribution in [1.29, 1.82) is 0 Å². The van der Waals surface area contributed by atoms with E-state index in [2.05, 4.69) is 17.9 Å². The van der Waals surface area contributed by atoms with Crippen LogP contribution in [0.2, 0.25) is 0 Å². The van der Waals surface area contributed by atoms with Gasteiger partial charge in [0.25, 0.3) is 10.0 Å². The first kappa shape index (κ1) is 32.8. The Morgan fingerprint density at radius 3 is 2.29 bits per heavy atom. The van der Waals surface area contributed by atoms with E-state index in [0.717, 1.165) is 12.5 Å². The van der Waals surface area contributed by atoms with Crippen molar-refractivity contribution in [2.45, 2.75) is 44.6 Å². The second-order valence-corrected chi connectivity index (χ2v) is 11.9. The van der Waals surface area contributed by atoms with Gasteiger partial charge >= 0.3 is 0 Å². The van der Waals surface area contributed by atoms with E-state index in [4.69, 9.17) is 0 Å². The quantitative estimate of drug-likeness (QED) is 0.234. The number of sulfonamides is 1. The summed E-state index contributed by atoms with van der Waals surface area (Å²) in [5.74, 6) is -1.63. The number of carbonyl (C=O) groups is 3. The van der Waals surface area contributed by atoms with Gasteiger partial charge in [0.15, 0.2) is 0 Å². The third-order valence-corrected chi connectivity index (χ3v) is 8.54. The van der Waals surface area contributed by atoms with Crippen LogP contribution in [0.4, 0.5) is 4.39 Å². The Labute approximate surface area is 252 Å². The van der Waals surface area contributed by atoms with Gasteiger partial charge in [0.2, 0.25) is 17.7 Å². The smallest absolute Gasteiger partial charge is 0.264 e. The Hall–Kier alpha value is -3.70. The van der Waals surface area contributed by atoms with Crippen molar-refractivity contribution in [2.24, 2.45) is 5.92 Å². The average Bonchev–Trinajstić information content (AvgIpc) is 2.96. The Bertz CT molecular complexity index is 1500. The van der Waals surface area contributed by atoms with Gasteiger partial charge in [-0.05, 0) is 41.7 Å². The van der Waals surface area contributed by atoms with Crippen molar-refractivity contribution in [3.8, 4) is 11.1 Å². The summed E-state index contributed by atoms with van der Waals surface area (Å²) in [7, 11) is -4.04. The van der Waals surface area contributed by atoms with Crippen molar-refractivity contribution in [1.82, 2.24) is 14.9 Å². The van der Waals surface area contributed by atoms with Crippen molar-refractivity contribution >= 4 is 40.4 Å². The minimum Gasteiger partial charge on any atom is -0.354 e. The molecular formula is C31H36FN3O5S2. The van der Waals surface area contributed by atoms with Crippen LogP contribution in [0, 0.1) is 11.7 Å². The molecule has 0 aliphatic carbocycles. The van der Waals surface area contributed by atoms with Gasteiger partial charge in [-0.2, -0.15) is 12.6 Å². The zero-order chi connectivity index (χ0) is 30.7. The SMILES string of the molecule is CCCC(=O)N(CCNC(=O)[C@@H](CS)Cc1ccccc1F)Cc1ccc(-c2ccccc2S(=O)(=O)NC(C)=O)cc1. The van der Waals surface area contributed by atoms with Crippen LogP contribution < -0.4 is 10.0 Å². The molecule has 0 bridgehead atoms. The van der Waals surface area contributed by atoms with Gasteiger partial charge in [0, 0.05) is 44.3 Å². The van der Waals surface area contributed by atoms with Crippen LogP contribution in [-0.4, -0.2) is 49.9 Å². The molecule has 0 unspecified atom stereocenters. The molecule has 0 saturated carbocycles. The van der Waals surface area contributed by atoms with E-state index in [1.54, 1.807) is 53.4 Å². The van der Waals surface area contributed by atoms with Gasteiger partial charge in [0.1, 0.15) is 5.82 Å². The van der Waals surface area contributed by atoms with E-state index >= 15 is 0 Å². The molecule has 3 amide bonds. The first-order valence-electron chi connectivity index (χ1n) is 13.7. The lowest BCUT2D eigenvalue weighted by molar-refractivity contribution is -0.132. The molecular weight excluding hydrogens is 577 g/mol. The minimum absolute atomic E-state index is 0.0158. The standard InChI is InChI=1S/C31H36FN3O5S2/c1-3-8-30(37)35(18-17-33-31(38)26(21-41)19-25-9-4-6-11-28(25)32)20-23-13-15-24(16-14-23)27-10-5-7-12-29(27)42(39,40)34-22(2)36/h4-7,9-16,26,41H,3,8,17-21H2,1-2H3,(H,33,38)(H,34,36)/t26-/m1/s1. The second-order valence-electron chi connectivity index (χ2n) is 9.89. The lowest BCUT2D eigenvalue weighted by atomic mass is 10.00. The number of hydrogen-bond acceptors (Lipinski definition) is 6. The Morgan fingerprint density at radius 1 is 0.976 bits per heavy atom. The maximum absolute atomic E-state index is 14.1. The summed E-state index contributed by atoms with van der Waals surface area (Å²) in [5, 5.41) is 2.86. The van der Waals surface area contributed by atoms with Crippen LogP contribution in [0.5, 0.6) is 0 Å². The van der Waals surface area contributed by atoms with Gasteiger partial charge in [0.05, 0.1) is 10.8 Å². The van der Waals surface area contributed by atoms with Crippen molar-refractivity contribution in [3.05, 3.63) is 89.7 Å². The third kappa shape index (κ3) is 9.15. The second kappa shape index (κ2) is 15.5. The molecule has 0 fully saturated rings. The van der Waals surface area contributed by atoms with Crippen LogP contribution in [0.1, 0.15) is 37.8 Å². The zero-order valence-electron chi connectivity index (χ0n) is 23.7. The zero-order valence-corrected chi connectivity index (χ0v) is 25.4. The first-order chi connectivity index (χ1) is 20.1. The molecule has 3 aromatic carbocycles. The van der Waals surface area contributed by atoms with Crippen LogP contribution >= 0.6 is 12.6 Å². The molecule has 0 aliphatic heterocycles. The summed E-state index contributed by atoms with van der Waals surface area (Å²) in [4.78, 5) is 38.8. The molecule has 0 spiro atoms. The normalized spacial score (nSPS) is 11.9. The molecule has 224 valence electrons. The van der Waals surface area contributed by atoms with Crippen molar-refractivity contribution in [2.75, 3.05) is 18.8 Å². The van der Waals surface area contributed by atoms with Crippen LogP contribution in [0.3, 0.4) is 0 Å². The summed E-state index contributed by atoms with van der Waals surface area (Å²) >= 11 is 4.28. The first-order valence-corrected chi connectivity index (χ1v) is 15.8. The average molecular weight is 614 g/mol. The number of nitrogens with zero attached hydrogens (tertiary/aromatic N) is 1. The molecule has 0 heterocycles. The maximum Gasteiger partial charge on any atom is 0.264 e. The summed E-state index contributed by atoms with van der Waals surface area (Å²) in [6.45, 7) is 3.85. The fourth-order valence-electron chi connectivity index (χ4n) is 4.49. The highest BCUT2D eigenvalue weighted by molar-refractivity contribution is 7.90. The lowest BCUT2D eigenvalue weighted by Crippen LogP contribution is -2.40. The predicted octanol–water partition coefficient (Wildman–Crippen LogP) is 4.35. The van der Waals surface area contributed by atoms with Gasteiger partial charge < -0.3 is 10.2 Å². The van der Waals surface area contributed by atoms with Gasteiger partial charge in [-0.1, -0.05) is 67.6 Å². The Morgan fingerprint density at radius 2 is 1.64 bits per heavy atom. The number of benzene rings is 3. The topological polar surface area (TPSA) is 113 Å². The van der Waals surface area contributed by atoms with E-state index < -0.39 is 21.8 Å². The molecule has 1 atom stereocenters. The van der Waals surface area contributed by atoms with E-state index in [9.17, 15) is 27.2 Å². The molecule has 3 aromatic rings. The van der Waals surface area contributed by atoms with Gasteiger partial charge in [-0.15, -0.1) is 0 Å². The molecule has 2 N–H and O–H groups in total. The summed E-state index contributed by atoms with van der Waals surface area (Å²) in [5.41, 5.74) is 2.35. The van der Waals surface area contributed by atoms with Crippen molar-refractivity contribution < 1.29 is 27.2 Å². The molecule has 3 rings (SSSR count). The highest BCUT2D eigenvalue weighted by Crippen LogP contribution is 2.28. The highest BCUT2D eigenvalue weighted by atomic mass is 32.2. The maximum atomic E-state index is 14.1. The highest BCUT2D eigenvalue weighted by Gasteiger charge is 2.22. The molecule has 0 aromatic heterocycles. The Kier molecular flexibility index (Phi) is 12.1. The third-order valence-electron chi connectivity index (χ3n) is 6.61. The molecule has 11 heteroatoms. The van der Waals surface area contributed by atoms with E-state index in [1.807, 2.05) is 23.8 Å². The van der Waals surface area contributed by atoms with E-state index in [0.29, 0.717) is 36.1 Å². The van der Waals surface area contributed by atoms with Crippen LogP contribution in [0.15, 0.2) is 77.7 Å². The monoisotopic (exact) mass is 613 g/mol. The Balaban J connectivity index is 1.69. The van der Waals surface area contributed by atoms with Gasteiger partial charge in [-0.25, -0.2) is 17.5 Å². The number of halogens is 1. The van der Waals surface area contributed by atoms with E-state index in [-0.39, 0.29) is 47.8 Å². The summed E-state index contributed by atoms with van der Waals surface area (Å²) in [6.07, 6.45) is 1.25. The number of nitrogens with one attached hydrogen (secondary N) is 2. The summed E-state index contributed by atoms with van der Waals surface area (Å²) < 4.78 is 41.4. The van der Waals surface area contributed by atoms with Crippen LogP contribution in [-0.2, 0) is 37.4 Å². The molecule has 0 radical (unpaired) electrons. The predicted molar refractivity (Wildman–Crippen MR) is 164 cm³/mol. The molecule has 0 aliphatic rings. The number of hydrogen-bond donors (Lipinski definition) is 3. The molecule has 8 nitrogen and oxygen atoms in total. The fourth-order valence-corrected chi connectivity index (χ4v) is 6.00. The number of amides is 3. The number of rotatable bonds is 14. The van der Waals surface area contributed by atoms with Crippen molar-refractivity contribution in [3.63, 3.8) is 0 Å². The largest absolute Gasteiger partial charge is 0.354 e. The summed E-state index contributed by atoms with van der Waals surface area (Å²) in [6, 6.07) is 19.9. The molecule has 0 saturated heterocycles. The van der Waals surface area contributed by atoms with E-state index in [1.165, 1.54) is 12.1 Å². The minimum atomic E-state index is -4.04. The number of carbonyl (C=O) groups excluding carboxylic acids is 3. The lowest BCUT2D eigenvalue weighted by Gasteiger charge is -2.24. The number of thiol groups is 1. The van der Waals surface area contributed by atoms with Crippen LogP contribution in [0.25, 0.3) is 11.1 Å². The van der Waals surface area contributed by atoms with Gasteiger partial charge in [-0.3, -0.25) is 14.4 Å². The fraction of sp³-hybridized carbons (Fsp3) is 0.323. The molecule has 42 heavy (non-hydrogen) atoms.